The van der Waals surface area contributed by atoms with E-state index >= 15 is 0 Å². The number of halogens is 1. The number of amides is 1. The van der Waals surface area contributed by atoms with Crippen molar-refractivity contribution in [3.05, 3.63) is 76.8 Å². The Bertz CT molecular complexity index is 1280. The summed E-state index contributed by atoms with van der Waals surface area (Å²) in [5, 5.41) is 3.31. The van der Waals surface area contributed by atoms with Crippen molar-refractivity contribution < 1.29 is 27.4 Å². The zero-order valence-electron chi connectivity index (χ0n) is 19.2. The first-order chi connectivity index (χ1) is 16.2. The van der Waals surface area contributed by atoms with Crippen LogP contribution in [-0.2, 0) is 16.6 Å². The van der Waals surface area contributed by atoms with Gasteiger partial charge in [0, 0.05) is 22.8 Å². The van der Waals surface area contributed by atoms with Crippen LogP contribution < -0.4 is 23.8 Å². The van der Waals surface area contributed by atoms with E-state index in [1.54, 1.807) is 48.5 Å². The summed E-state index contributed by atoms with van der Waals surface area (Å²) >= 11 is 5.97. The van der Waals surface area contributed by atoms with Crippen molar-refractivity contribution in [2.45, 2.75) is 6.54 Å². The average Bonchev–Trinajstić information content (AvgIpc) is 2.82. The van der Waals surface area contributed by atoms with Gasteiger partial charge in [-0.05, 0) is 35.9 Å². The number of carbonyl (C=O) groups is 1. The fourth-order valence-corrected chi connectivity index (χ4v) is 4.31. The number of sulfonamides is 1. The Morgan fingerprint density at radius 3 is 2.18 bits per heavy atom. The minimum absolute atomic E-state index is 0.0229. The van der Waals surface area contributed by atoms with Crippen LogP contribution in [0.3, 0.4) is 0 Å². The third-order valence-electron chi connectivity index (χ3n) is 4.98. The maximum absolute atomic E-state index is 13.3. The van der Waals surface area contributed by atoms with Gasteiger partial charge in [-0.1, -0.05) is 29.8 Å². The molecule has 1 N–H and O–H groups in total. The zero-order chi connectivity index (χ0) is 24.9. The summed E-state index contributed by atoms with van der Waals surface area (Å²) < 4.78 is 42.8. The van der Waals surface area contributed by atoms with Crippen molar-refractivity contribution in [3.63, 3.8) is 0 Å². The molecule has 10 heteroatoms. The summed E-state index contributed by atoms with van der Waals surface area (Å²) in [6.45, 7) is -0.0229. The molecule has 0 aliphatic rings. The smallest absolute Gasteiger partial charge is 0.257 e. The number of hydrogen-bond donors (Lipinski definition) is 1. The third kappa shape index (κ3) is 5.92. The fraction of sp³-hybridized carbons (Fsp3) is 0.208. The molecule has 3 aromatic rings. The van der Waals surface area contributed by atoms with Crippen molar-refractivity contribution >= 4 is 38.9 Å². The van der Waals surface area contributed by atoms with Crippen LogP contribution in [0.4, 0.5) is 11.4 Å². The summed E-state index contributed by atoms with van der Waals surface area (Å²) in [6.07, 6.45) is 1.07. The first-order valence-electron chi connectivity index (χ1n) is 10.1. The van der Waals surface area contributed by atoms with Crippen LogP contribution >= 0.6 is 11.6 Å². The number of carbonyl (C=O) groups excluding carboxylic acids is 1. The second kappa shape index (κ2) is 10.7. The summed E-state index contributed by atoms with van der Waals surface area (Å²) in [7, 11) is 0.582. The number of hydrogen-bond acceptors (Lipinski definition) is 6. The second-order valence-corrected chi connectivity index (χ2v) is 9.65. The Kier molecular flexibility index (Phi) is 7.90. The number of ether oxygens (including phenoxy) is 3. The number of anilines is 2. The maximum Gasteiger partial charge on any atom is 0.257 e. The molecule has 0 aromatic heterocycles. The van der Waals surface area contributed by atoms with E-state index in [-0.39, 0.29) is 29.3 Å². The molecule has 0 aliphatic carbocycles. The molecule has 3 rings (SSSR count). The summed E-state index contributed by atoms with van der Waals surface area (Å²) in [6, 6.07) is 16.5. The molecule has 0 saturated heterocycles. The summed E-state index contributed by atoms with van der Waals surface area (Å²) in [5.41, 5.74) is 1.38. The van der Waals surface area contributed by atoms with Gasteiger partial charge in [-0.15, -0.1) is 0 Å². The van der Waals surface area contributed by atoms with Crippen LogP contribution in [0, 0.1) is 0 Å². The molecule has 0 aliphatic heterocycles. The molecule has 1 amide bonds. The highest BCUT2D eigenvalue weighted by atomic mass is 35.5. The van der Waals surface area contributed by atoms with Gasteiger partial charge < -0.3 is 19.5 Å². The van der Waals surface area contributed by atoms with E-state index in [9.17, 15) is 13.2 Å². The van der Waals surface area contributed by atoms with Gasteiger partial charge in [0.05, 0.1) is 45.4 Å². The molecule has 0 atom stereocenters. The summed E-state index contributed by atoms with van der Waals surface area (Å²) in [4.78, 5) is 13.3. The lowest BCUT2D eigenvalue weighted by Gasteiger charge is -2.26. The van der Waals surface area contributed by atoms with E-state index in [2.05, 4.69) is 5.32 Å². The Balaban J connectivity index is 2.12. The lowest BCUT2D eigenvalue weighted by atomic mass is 10.1. The number of nitrogens with one attached hydrogen (secondary N) is 1. The molecule has 0 fully saturated rings. The molecule has 0 heterocycles. The molecular weight excluding hydrogens is 480 g/mol. The van der Waals surface area contributed by atoms with Gasteiger partial charge in [-0.3, -0.25) is 9.10 Å². The standard InChI is InChI=1S/C24H25ClN2O6S/c1-31-19-7-5-6-18(12-19)26-24(28)20-13-22(32-2)23(33-3)14-21(20)27(34(4,29)30)15-16-8-10-17(25)11-9-16/h5-14H,15H2,1-4H3,(H,26,28). The highest BCUT2D eigenvalue weighted by Gasteiger charge is 2.26. The zero-order valence-corrected chi connectivity index (χ0v) is 20.7. The van der Waals surface area contributed by atoms with E-state index in [0.29, 0.717) is 22.0 Å². The maximum atomic E-state index is 13.3. The van der Waals surface area contributed by atoms with Gasteiger partial charge in [0.1, 0.15) is 5.75 Å². The summed E-state index contributed by atoms with van der Waals surface area (Å²) in [5.74, 6) is 0.585. The van der Waals surface area contributed by atoms with Crippen LogP contribution in [0.2, 0.25) is 5.02 Å². The van der Waals surface area contributed by atoms with Gasteiger partial charge in [0.15, 0.2) is 11.5 Å². The van der Waals surface area contributed by atoms with Gasteiger partial charge in [-0.2, -0.15) is 0 Å². The normalized spacial score (nSPS) is 11.0. The molecule has 3 aromatic carbocycles. The predicted octanol–water partition coefficient (Wildman–Crippen LogP) is 4.58. The molecule has 0 saturated carbocycles. The largest absolute Gasteiger partial charge is 0.497 e. The van der Waals surface area contributed by atoms with Crippen LogP contribution in [0.5, 0.6) is 17.2 Å². The Morgan fingerprint density at radius 1 is 0.941 bits per heavy atom. The highest BCUT2D eigenvalue weighted by molar-refractivity contribution is 7.92. The minimum atomic E-state index is -3.81. The monoisotopic (exact) mass is 504 g/mol. The highest BCUT2D eigenvalue weighted by Crippen LogP contribution is 2.37. The third-order valence-corrected chi connectivity index (χ3v) is 6.36. The van der Waals surface area contributed by atoms with Crippen molar-refractivity contribution in [1.29, 1.82) is 0 Å². The first kappa shape index (κ1) is 25.2. The van der Waals surface area contributed by atoms with Gasteiger partial charge in [0.25, 0.3) is 5.91 Å². The van der Waals surface area contributed by atoms with E-state index < -0.39 is 15.9 Å². The van der Waals surface area contributed by atoms with Gasteiger partial charge >= 0.3 is 0 Å². The molecule has 8 nitrogen and oxygen atoms in total. The van der Waals surface area contributed by atoms with Crippen molar-refractivity contribution in [3.8, 4) is 17.2 Å². The van der Waals surface area contributed by atoms with Gasteiger partial charge in [0.2, 0.25) is 10.0 Å². The molecule has 0 unspecified atom stereocenters. The quantitative estimate of drug-likeness (QED) is 0.458. The number of benzene rings is 3. The predicted molar refractivity (Wildman–Crippen MR) is 133 cm³/mol. The van der Waals surface area contributed by atoms with Gasteiger partial charge in [-0.25, -0.2) is 8.42 Å². The first-order valence-corrected chi connectivity index (χ1v) is 12.3. The Hall–Kier alpha value is -3.43. The van der Waals surface area contributed by atoms with Crippen molar-refractivity contribution in [1.82, 2.24) is 0 Å². The number of nitrogens with zero attached hydrogens (tertiary/aromatic N) is 1. The molecule has 180 valence electrons. The molecular formula is C24H25ClN2O6S. The van der Waals surface area contributed by atoms with Crippen LogP contribution in [0.15, 0.2) is 60.7 Å². The topological polar surface area (TPSA) is 94.2 Å². The number of methoxy groups -OCH3 is 3. The van der Waals surface area contributed by atoms with E-state index in [1.807, 2.05) is 0 Å². The van der Waals surface area contributed by atoms with E-state index in [0.717, 1.165) is 10.6 Å². The molecule has 0 bridgehead atoms. The minimum Gasteiger partial charge on any atom is -0.497 e. The average molecular weight is 505 g/mol. The lowest BCUT2D eigenvalue weighted by Crippen LogP contribution is -2.31. The molecule has 0 radical (unpaired) electrons. The van der Waals surface area contributed by atoms with Crippen LogP contribution in [-0.4, -0.2) is 41.9 Å². The van der Waals surface area contributed by atoms with Crippen LogP contribution in [0.25, 0.3) is 0 Å². The van der Waals surface area contributed by atoms with E-state index in [4.69, 9.17) is 25.8 Å². The Labute approximate surface area is 204 Å². The second-order valence-electron chi connectivity index (χ2n) is 7.31. The van der Waals surface area contributed by atoms with Crippen molar-refractivity contribution in [2.75, 3.05) is 37.2 Å². The van der Waals surface area contributed by atoms with E-state index in [1.165, 1.54) is 33.5 Å². The lowest BCUT2D eigenvalue weighted by molar-refractivity contribution is 0.102. The van der Waals surface area contributed by atoms with Crippen LogP contribution in [0.1, 0.15) is 15.9 Å². The number of rotatable bonds is 9. The van der Waals surface area contributed by atoms with Crippen molar-refractivity contribution in [2.24, 2.45) is 0 Å². The molecule has 0 spiro atoms. The Morgan fingerprint density at radius 2 is 1.59 bits per heavy atom. The SMILES string of the molecule is COc1cccc(NC(=O)c2cc(OC)c(OC)cc2N(Cc2ccc(Cl)cc2)S(C)(=O)=O)c1. The molecule has 34 heavy (non-hydrogen) atoms. The fourth-order valence-electron chi connectivity index (χ4n) is 3.29.